The number of ketones is 1. The van der Waals surface area contributed by atoms with Crippen molar-refractivity contribution in [2.24, 2.45) is 0 Å². The van der Waals surface area contributed by atoms with Crippen LogP contribution in [0, 0.1) is 13.8 Å². The summed E-state index contributed by atoms with van der Waals surface area (Å²) in [6.45, 7) is 3.74. The Morgan fingerprint density at radius 2 is 1.86 bits per heavy atom. The van der Waals surface area contributed by atoms with Crippen molar-refractivity contribution in [2.75, 3.05) is 12.0 Å². The number of methoxy groups -OCH3 is 1. The summed E-state index contributed by atoms with van der Waals surface area (Å²) in [6.07, 6.45) is 1.76. The predicted molar refractivity (Wildman–Crippen MR) is 142 cm³/mol. The number of anilines is 1. The van der Waals surface area contributed by atoms with Gasteiger partial charge in [0.1, 0.15) is 17.1 Å². The topological polar surface area (TPSA) is 97.0 Å². The maximum atomic E-state index is 13.6. The van der Waals surface area contributed by atoms with Crippen molar-refractivity contribution < 1.29 is 19.4 Å². The number of pyridine rings is 1. The molecule has 1 aliphatic heterocycles. The molecule has 1 unspecified atom stereocenters. The van der Waals surface area contributed by atoms with Crippen LogP contribution in [-0.2, 0) is 9.59 Å². The number of carbonyl (C=O) groups excluding carboxylic acids is 2. The number of fused-ring (bicyclic) bond motifs is 2. The number of nitrogens with zero attached hydrogens (tertiary/aromatic N) is 4. The summed E-state index contributed by atoms with van der Waals surface area (Å²) in [6, 6.07) is 17.5. The van der Waals surface area contributed by atoms with Crippen LogP contribution in [0.1, 0.15) is 28.6 Å². The van der Waals surface area contributed by atoms with Crippen LogP contribution in [-0.4, -0.2) is 38.3 Å². The van der Waals surface area contributed by atoms with E-state index in [-0.39, 0.29) is 11.3 Å². The fourth-order valence-electron chi connectivity index (χ4n) is 4.81. The number of ether oxygens (including phenoxy) is 1. The molecule has 1 aliphatic rings. The van der Waals surface area contributed by atoms with Crippen molar-refractivity contribution in [3.05, 3.63) is 94.9 Å². The van der Waals surface area contributed by atoms with Gasteiger partial charge in [0, 0.05) is 6.20 Å². The van der Waals surface area contributed by atoms with E-state index in [9.17, 15) is 14.7 Å². The zero-order valence-electron chi connectivity index (χ0n) is 20.3. The van der Waals surface area contributed by atoms with E-state index in [2.05, 4.69) is 9.97 Å². The van der Waals surface area contributed by atoms with Gasteiger partial charge in [0.15, 0.2) is 10.9 Å². The Balaban J connectivity index is 1.62. The number of Topliss-reactive ketones (excluding diaryl/α,β-unsaturated/α-hetero) is 1. The van der Waals surface area contributed by atoms with Gasteiger partial charge in [-0.05, 0) is 61.4 Å². The average molecular weight is 511 g/mol. The lowest BCUT2D eigenvalue weighted by Gasteiger charge is -2.23. The number of thiazole rings is 1. The third-order valence-electron chi connectivity index (χ3n) is 6.52. The van der Waals surface area contributed by atoms with Crippen LogP contribution in [0.2, 0.25) is 0 Å². The van der Waals surface area contributed by atoms with Gasteiger partial charge < -0.3 is 9.84 Å². The number of rotatable bonds is 4. The van der Waals surface area contributed by atoms with Gasteiger partial charge in [-0.2, -0.15) is 0 Å². The molecule has 9 heteroatoms. The molecule has 1 atom stereocenters. The van der Waals surface area contributed by atoms with Gasteiger partial charge in [0.25, 0.3) is 5.78 Å². The van der Waals surface area contributed by atoms with E-state index in [4.69, 9.17) is 4.74 Å². The Morgan fingerprint density at radius 1 is 1.03 bits per heavy atom. The molecule has 0 bridgehead atoms. The third-order valence-corrected chi connectivity index (χ3v) is 7.54. The lowest BCUT2D eigenvalue weighted by Crippen LogP contribution is -2.29. The minimum Gasteiger partial charge on any atom is -0.505 e. The number of carbonyl (C=O) groups is 2. The molecule has 1 saturated heterocycles. The summed E-state index contributed by atoms with van der Waals surface area (Å²) >= 11 is 1.33. The lowest BCUT2D eigenvalue weighted by molar-refractivity contribution is -0.132. The molecule has 6 rings (SSSR count). The molecule has 0 radical (unpaired) electrons. The molecule has 0 spiro atoms. The van der Waals surface area contributed by atoms with Crippen LogP contribution in [0.5, 0.6) is 5.75 Å². The number of benzene rings is 2. The number of aliphatic hydroxyl groups excluding tert-OH is 1. The van der Waals surface area contributed by atoms with E-state index >= 15 is 0 Å². The first-order valence-electron chi connectivity index (χ1n) is 11.6. The van der Waals surface area contributed by atoms with Crippen LogP contribution in [0.4, 0.5) is 5.13 Å². The number of hydrogen-bond donors (Lipinski definition) is 1. The molecule has 1 fully saturated rings. The molecule has 2 aromatic carbocycles. The van der Waals surface area contributed by atoms with Crippen LogP contribution in [0.15, 0.2) is 72.4 Å². The first-order valence-corrected chi connectivity index (χ1v) is 12.4. The molecule has 8 nitrogen and oxygen atoms in total. The summed E-state index contributed by atoms with van der Waals surface area (Å²) in [5, 5.41) is 12.0. The number of aliphatic hydroxyl groups is 1. The monoisotopic (exact) mass is 510 g/mol. The number of amides is 1. The average Bonchev–Trinajstić information content (AvgIpc) is 3.54. The SMILES string of the molecule is COc1cccc(C2/C(=C(\O)c3c(C)nc4ccccn34)C(=O)C(=O)N2c2nc3ccc(C)cc3s2)c1. The molecular formula is C28H22N4O4S. The maximum Gasteiger partial charge on any atom is 0.301 e. The van der Waals surface area contributed by atoms with Gasteiger partial charge in [-0.15, -0.1) is 0 Å². The Morgan fingerprint density at radius 3 is 2.68 bits per heavy atom. The fraction of sp³-hybridized carbons (Fsp3) is 0.143. The smallest absolute Gasteiger partial charge is 0.301 e. The Kier molecular flexibility index (Phi) is 5.31. The Bertz CT molecular complexity index is 1770. The first-order chi connectivity index (χ1) is 17.9. The molecule has 37 heavy (non-hydrogen) atoms. The van der Waals surface area contributed by atoms with Crippen molar-refractivity contribution in [1.29, 1.82) is 0 Å². The second-order valence-corrected chi connectivity index (χ2v) is 9.90. The van der Waals surface area contributed by atoms with Gasteiger partial charge >= 0.3 is 5.91 Å². The summed E-state index contributed by atoms with van der Waals surface area (Å²) in [5.74, 6) is -1.27. The van der Waals surface area contributed by atoms with Crippen LogP contribution in [0.3, 0.4) is 0 Å². The van der Waals surface area contributed by atoms with E-state index in [1.807, 2.05) is 43.3 Å². The van der Waals surface area contributed by atoms with Gasteiger partial charge in [0.05, 0.1) is 34.6 Å². The highest BCUT2D eigenvalue weighted by molar-refractivity contribution is 7.22. The van der Waals surface area contributed by atoms with Crippen molar-refractivity contribution >= 4 is 49.8 Å². The van der Waals surface area contributed by atoms with Gasteiger partial charge in [-0.25, -0.2) is 9.97 Å². The van der Waals surface area contributed by atoms with Crippen LogP contribution in [0.25, 0.3) is 21.6 Å². The molecule has 1 amide bonds. The maximum absolute atomic E-state index is 13.6. The van der Waals surface area contributed by atoms with Gasteiger partial charge in [-0.1, -0.05) is 35.6 Å². The Hall–Kier alpha value is -4.50. The number of imidazole rings is 1. The molecular weight excluding hydrogens is 488 g/mol. The third kappa shape index (κ3) is 3.58. The number of aromatic nitrogens is 3. The second kappa shape index (κ2) is 8.56. The van der Waals surface area contributed by atoms with Crippen LogP contribution >= 0.6 is 11.3 Å². The van der Waals surface area contributed by atoms with E-state index in [1.54, 1.807) is 48.9 Å². The largest absolute Gasteiger partial charge is 0.505 e. The van der Waals surface area contributed by atoms with E-state index in [0.717, 1.165) is 15.8 Å². The Labute approximate surface area is 216 Å². The summed E-state index contributed by atoms with van der Waals surface area (Å²) in [7, 11) is 1.55. The highest BCUT2D eigenvalue weighted by Gasteiger charge is 2.48. The van der Waals surface area contributed by atoms with Crippen molar-refractivity contribution in [3.63, 3.8) is 0 Å². The molecule has 5 aromatic rings. The quantitative estimate of drug-likeness (QED) is 0.203. The zero-order chi connectivity index (χ0) is 25.8. The molecule has 3 aromatic heterocycles. The van der Waals surface area contributed by atoms with E-state index in [0.29, 0.717) is 33.5 Å². The highest BCUT2D eigenvalue weighted by Crippen LogP contribution is 2.45. The van der Waals surface area contributed by atoms with E-state index < -0.39 is 17.7 Å². The minimum atomic E-state index is -0.912. The number of hydrogen-bond acceptors (Lipinski definition) is 7. The minimum absolute atomic E-state index is 0.0255. The molecule has 1 N–H and O–H groups in total. The van der Waals surface area contributed by atoms with Gasteiger partial charge in [0.2, 0.25) is 0 Å². The summed E-state index contributed by atoms with van der Waals surface area (Å²) < 4.78 is 8.03. The molecule has 4 heterocycles. The number of aryl methyl sites for hydroxylation is 2. The zero-order valence-corrected chi connectivity index (χ0v) is 21.1. The lowest BCUT2D eigenvalue weighted by atomic mass is 9.96. The molecule has 184 valence electrons. The molecule has 0 saturated carbocycles. The molecule has 0 aliphatic carbocycles. The normalized spacial score (nSPS) is 17.3. The summed E-state index contributed by atoms with van der Waals surface area (Å²) in [5.41, 5.74) is 3.91. The standard InChI is InChI=1S/C28H22N4O4S/c1-15-10-11-19-20(13-15)37-28(30-19)32-24(17-7-6-8-18(14-17)36-3)22(26(34)27(32)35)25(33)23-16(2)29-21-9-4-5-12-31(21)23/h4-14,24,33H,1-3H3/b25-22+. The first kappa shape index (κ1) is 22.9. The van der Waals surface area contributed by atoms with E-state index in [1.165, 1.54) is 16.2 Å². The van der Waals surface area contributed by atoms with Crippen LogP contribution < -0.4 is 9.64 Å². The van der Waals surface area contributed by atoms with Crippen molar-refractivity contribution in [1.82, 2.24) is 14.4 Å². The van der Waals surface area contributed by atoms with Crippen molar-refractivity contribution in [3.8, 4) is 5.75 Å². The highest BCUT2D eigenvalue weighted by atomic mass is 32.1. The second-order valence-electron chi connectivity index (χ2n) is 8.89. The predicted octanol–water partition coefficient (Wildman–Crippen LogP) is 5.20. The summed E-state index contributed by atoms with van der Waals surface area (Å²) in [4.78, 5) is 37.7. The van der Waals surface area contributed by atoms with Gasteiger partial charge in [-0.3, -0.25) is 18.9 Å². The van der Waals surface area contributed by atoms with Crippen molar-refractivity contribution in [2.45, 2.75) is 19.9 Å². The fourth-order valence-corrected chi connectivity index (χ4v) is 5.90.